The number of carbonyl (C=O) groups is 1. The SMILES string of the molecule is COC(C)c1c(Nc2ccc(C3C(F)(F)C3(C)C=O)cc2)cnc(C)c1C#N. The van der Waals surface area contributed by atoms with Crippen molar-refractivity contribution in [2.24, 2.45) is 5.41 Å². The summed E-state index contributed by atoms with van der Waals surface area (Å²) < 4.78 is 33.4. The van der Waals surface area contributed by atoms with E-state index in [9.17, 15) is 18.8 Å². The molecule has 0 radical (unpaired) electrons. The Labute approximate surface area is 162 Å². The summed E-state index contributed by atoms with van der Waals surface area (Å²) in [5.41, 5.74) is 1.75. The number of hydrogen-bond donors (Lipinski definition) is 1. The number of nitrogens with zero attached hydrogens (tertiary/aromatic N) is 2. The molecule has 3 atom stereocenters. The molecule has 0 spiro atoms. The summed E-state index contributed by atoms with van der Waals surface area (Å²) >= 11 is 0. The molecular weight excluding hydrogens is 364 g/mol. The Morgan fingerprint density at radius 1 is 1.36 bits per heavy atom. The molecule has 28 heavy (non-hydrogen) atoms. The molecule has 7 heteroatoms. The highest BCUT2D eigenvalue weighted by Gasteiger charge is 2.78. The summed E-state index contributed by atoms with van der Waals surface area (Å²) in [6.45, 7) is 4.86. The predicted molar refractivity (Wildman–Crippen MR) is 101 cm³/mol. The van der Waals surface area contributed by atoms with Crippen molar-refractivity contribution < 1.29 is 18.3 Å². The Morgan fingerprint density at radius 2 is 2.00 bits per heavy atom. The Balaban J connectivity index is 1.90. The van der Waals surface area contributed by atoms with Gasteiger partial charge in [0, 0.05) is 18.4 Å². The molecule has 3 unspecified atom stereocenters. The number of aromatic nitrogens is 1. The van der Waals surface area contributed by atoms with Crippen LogP contribution in [0.2, 0.25) is 0 Å². The molecule has 1 saturated carbocycles. The molecule has 1 fully saturated rings. The molecule has 1 aliphatic carbocycles. The number of anilines is 2. The first-order chi connectivity index (χ1) is 13.2. The van der Waals surface area contributed by atoms with E-state index in [-0.39, 0.29) is 6.10 Å². The monoisotopic (exact) mass is 385 g/mol. The first-order valence-corrected chi connectivity index (χ1v) is 8.84. The maximum absolute atomic E-state index is 14.0. The van der Waals surface area contributed by atoms with Crippen molar-refractivity contribution in [1.82, 2.24) is 4.98 Å². The zero-order valence-electron chi connectivity index (χ0n) is 16.1. The van der Waals surface area contributed by atoms with Crippen LogP contribution in [-0.2, 0) is 9.53 Å². The van der Waals surface area contributed by atoms with Crippen LogP contribution in [0.25, 0.3) is 0 Å². The minimum absolute atomic E-state index is 0.337. The summed E-state index contributed by atoms with van der Waals surface area (Å²) in [5, 5.41) is 12.7. The Hall–Kier alpha value is -2.85. The number of methoxy groups -OCH3 is 1. The number of rotatable bonds is 6. The maximum Gasteiger partial charge on any atom is 0.268 e. The number of hydrogen-bond acceptors (Lipinski definition) is 5. The second kappa shape index (κ2) is 6.95. The minimum atomic E-state index is -3.03. The van der Waals surface area contributed by atoms with Crippen molar-refractivity contribution in [3.63, 3.8) is 0 Å². The standard InChI is InChI=1S/C21H21F2N3O2/c1-12-16(9-24)18(13(2)28-4)17(10-25-12)26-15-7-5-14(6-8-15)19-20(3,11-27)21(19,22)23/h5-8,10-11,13,19,26H,1-4H3. The van der Waals surface area contributed by atoms with Gasteiger partial charge in [0.15, 0.2) is 0 Å². The maximum atomic E-state index is 14.0. The third kappa shape index (κ3) is 2.94. The van der Waals surface area contributed by atoms with Gasteiger partial charge in [-0.25, -0.2) is 8.78 Å². The van der Waals surface area contributed by atoms with Gasteiger partial charge in [0.1, 0.15) is 12.4 Å². The van der Waals surface area contributed by atoms with Crippen LogP contribution in [0.4, 0.5) is 20.2 Å². The summed E-state index contributed by atoms with van der Waals surface area (Å²) in [6.07, 6.45) is 1.62. The largest absolute Gasteiger partial charge is 0.377 e. The number of aldehydes is 1. The van der Waals surface area contributed by atoms with Gasteiger partial charge in [-0.3, -0.25) is 4.98 Å². The second-order valence-corrected chi connectivity index (χ2v) is 7.24. The quantitative estimate of drug-likeness (QED) is 0.733. The van der Waals surface area contributed by atoms with E-state index in [4.69, 9.17) is 4.74 Å². The van der Waals surface area contributed by atoms with Crippen LogP contribution in [0.5, 0.6) is 0 Å². The van der Waals surface area contributed by atoms with Crippen LogP contribution >= 0.6 is 0 Å². The molecule has 2 aromatic rings. The number of carbonyl (C=O) groups excluding carboxylic acids is 1. The smallest absolute Gasteiger partial charge is 0.268 e. The Kier molecular flexibility index (Phi) is 4.94. The number of pyridine rings is 1. The molecule has 1 heterocycles. The third-order valence-electron chi connectivity index (χ3n) is 5.55. The average molecular weight is 385 g/mol. The first kappa shape index (κ1) is 19.9. The molecule has 0 saturated heterocycles. The number of alkyl halides is 2. The zero-order chi connectivity index (χ0) is 20.7. The predicted octanol–water partition coefficient (Wildman–Crippen LogP) is 4.65. The van der Waals surface area contributed by atoms with Crippen molar-refractivity contribution in [2.45, 2.75) is 38.7 Å². The van der Waals surface area contributed by atoms with Crippen molar-refractivity contribution in [1.29, 1.82) is 5.26 Å². The van der Waals surface area contributed by atoms with Gasteiger partial charge in [0.2, 0.25) is 0 Å². The summed E-state index contributed by atoms with van der Waals surface area (Å²) in [5.74, 6) is -4.14. The molecule has 0 amide bonds. The zero-order valence-corrected chi connectivity index (χ0v) is 16.1. The molecule has 146 valence electrons. The molecule has 1 N–H and O–H groups in total. The van der Waals surface area contributed by atoms with E-state index >= 15 is 0 Å². The van der Waals surface area contributed by atoms with Crippen LogP contribution < -0.4 is 5.32 Å². The van der Waals surface area contributed by atoms with E-state index in [0.29, 0.717) is 40.0 Å². The summed E-state index contributed by atoms with van der Waals surface area (Å²) in [6, 6.07) is 8.67. The van der Waals surface area contributed by atoms with Gasteiger partial charge in [-0.1, -0.05) is 12.1 Å². The highest BCUT2D eigenvalue weighted by Crippen LogP contribution is 2.69. The lowest BCUT2D eigenvalue weighted by atomic mass is 10.0. The Morgan fingerprint density at radius 3 is 2.50 bits per heavy atom. The highest BCUT2D eigenvalue weighted by atomic mass is 19.3. The molecular formula is C21H21F2N3O2. The van der Waals surface area contributed by atoms with E-state index in [1.807, 2.05) is 6.92 Å². The van der Waals surface area contributed by atoms with Crippen molar-refractivity contribution >= 4 is 17.7 Å². The number of nitrogens with one attached hydrogen (secondary N) is 1. The lowest BCUT2D eigenvalue weighted by Crippen LogP contribution is -2.07. The molecule has 0 bridgehead atoms. The highest BCUT2D eigenvalue weighted by molar-refractivity contribution is 5.72. The number of benzene rings is 1. The number of nitriles is 1. The number of ether oxygens (including phenoxy) is 1. The van der Waals surface area contributed by atoms with Crippen molar-refractivity contribution in [2.75, 3.05) is 12.4 Å². The van der Waals surface area contributed by atoms with E-state index in [0.717, 1.165) is 0 Å². The van der Waals surface area contributed by atoms with Crippen molar-refractivity contribution in [3.8, 4) is 6.07 Å². The van der Waals surface area contributed by atoms with E-state index in [2.05, 4.69) is 16.4 Å². The molecule has 1 aromatic heterocycles. The normalized spacial score (nSPS) is 23.5. The number of halogens is 2. The third-order valence-corrected chi connectivity index (χ3v) is 5.55. The van der Waals surface area contributed by atoms with Crippen molar-refractivity contribution in [3.05, 3.63) is 52.8 Å². The van der Waals surface area contributed by atoms with Crippen LogP contribution in [0.3, 0.4) is 0 Å². The average Bonchev–Trinajstić information content (AvgIpc) is 3.15. The van der Waals surface area contributed by atoms with Crippen LogP contribution in [0, 0.1) is 23.7 Å². The number of aryl methyl sites for hydroxylation is 1. The first-order valence-electron chi connectivity index (χ1n) is 8.84. The van der Waals surface area contributed by atoms with Gasteiger partial charge in [-0.05, 0) is 38.5 Å². The fraction of sp³-hybridized carbons (Fsp3) is 0.381. The van der Waals surface area contributed by atoms with Gasteiger partial charge in [0.25, 0.3) is 5.92 Å². The van der Waals surface area contributed by atoms with Gasteiger partial charge in [-0.15, -0.1) is 0 Å². The lowest BCUT2D eigenvalue weighted by molar-refractivity contribution is -0.114. The van der Waals surface area contributed by atoms with Gasteiger partial charge in [-0.2, -0.15) is 5.26 Å². The lowest BCUT2D eigenvalue weighted by Gasteiger charge is -2.19. The summed E-state index contributed by atoms with van der Waals surface area (Å²) in [4.78, 5) is 15.3. The minimum Gasteiger partial charge on any atom is -0.377 e. The molecule has 1 aromatic carbocycles. The van der Waals surface area contributed by atoms with Crippen LogP contribution in [-0.4, -0.2) is 24.3 Å². The topological polar surface area (TPSA) is 75.0 Å². The Bertz CT molecular complexity index is 953. The molecule has 5 nitrogen and oxygen atoms in total. The van der Waals surface area contributed by atoms with E-state index < -0.39 is 17.3 Å². The summed E-state index contributed by atoms with van der Waals surface area (Å²) in [7, 11) is 1.56. The van der Waals surface area contributed by atoms with E-state index in [1.54, 1.807) is 44.5 Å². The van der Waals surface area contributed by atoms with E-state index in [1.165, 1.54) is 6.92 Å². The van der Waals surface area contributed by atoms with Gasteiger partial charge < -0.3 is 14.8 Å². The molecule has 1 aliphatic rings. The fourth-order valence-electron chi connectivity index (χ4n) is 3.57. The van der Waals surface area contributed by atoms with Gasteiger partial charge in [0.05, 0.1) is 40.6 Å². The van der Waals surface area contributed by atoms with Gasteiger partial charge >= 0.3 is 0 Å². The molecule has 0 aliphatic heterocycles. The van der Waals surface area contributed by atoms with Crippen LogP contribution in [0.1, 0.15) is 48.3 Å². The fourth-order valence-corrected chi connectivity index (χ4v) is 3.57. The molecule has 3 rings (SSSR count). The van der Waals surface area contributed by atoms with Crippen LogP contribution in [0.15, 0.2) is 30.5 Å². The second-order valence-electron chi connectivity index (χ2n) is 7.24.